The highest BCUT2D eigenvalue weighted by molar-refractivity contribution is 9.11. The van der Waals surface area contributed by atoms with Crippen molar-refractivity contribution in [2.75, 3.05) is 13.1 Å². The summed E-state index contributed by atoms with van der Waals surface area (Å²) in [6.07, 6.45) is 0.590. The second-order valence-corrected chi connectivity index (χ2v) is 8.83. The van der Waals surface area contributed by atoms with Crippen molar-refractivity contribution in [2.24, 2.45) is 0 Å². The third kappa shape index (κ3) is 4.31. The number of piperidine rings is 1. The summed E-state index contributed by atoms with van der Waals surface area (Å²) < 4.78 is 1.88. The number of benzene rings is 2. The molecule has 3 rings (SSSR count). The maximum atomic E-state index is 11.1. The van der Waals surface area contributed by atoms with E-state index in [1.807, 2.05) is 25.1 Å². The zero-order valence-electron chi connectivity index (χ0n) is 14.6. The van der Waals surface area contributed by atoms with E-state index < -0.39 is 11.7 Å². The Morgan fingerprint density at radius 3 is 2.08 bits per heavy atom. The van der Waals surface area contributed by atoms with Crippen LogP contribution in [0.25, 0.3) is 0 Å². The SMILES string of the molecule is C[C@H](C(O)c1ccc(O)cc1)N1CCC(O)(c2cc(Br)cc(Br)c2)CC1. The minimum absolute atomic E-state index is 0.0710. The average Bonchev–Trinajstić information content (AvgIpc) is 2.61. The Labute approximate surface area is 170 Å². The van der Waals surface area contributed by atoms with Crippen LogP contribution >= 0.6 is 31.9 Å². The van der Waals surface area contributed by atoms with Gasteiger partial charge in [-0.05, 0) is 61.2 Å². The number of aromatic hydroxyl groups is 1. The summed E-state index contributed by atoms with van der Waals surface area (Å²) in [7, 11) is 0. The summed E-state index contributed by atoms with van der Waals surface area (Å²) >= 11 is 6.97. The maximum absolute atomic E-state index is 11.1. The molecule has 4 nitrogen and oxygen atoms in total. The lowest BCUT2D eigenvalue weighted by Crippen LogP contribution is -2.47. The summed E-state index contributed by atoms with van der Waals surface area (Å²) in [5.41, 5.74) is 0.837. The molecule has 0 amide bonds. The number of rotatable bonds is 4. The number of aliphatic hydroxyl groups excluding tert-OH is 1. The molecule has 1 unspecified atom stereocenters. The Morgan fingerprint density at radius 2 is 1.54 bits per heavy atom. The van der Waals surface area contributed by atoms with Crippen molar-refractivity contribution in [2.45, 2.75) is 37.5 Å². The number of likely N-dealkylation sites (tertiary alicyclic amines) is 1. The number of halogens is 2. The molecule has 1 aliphatic heterocycles. The predicted octanol–water partition coefficient (Wildman–Crippen LogP) is 4.32. The summed E-state index contributed by atoms with van der Waals surface area (Å²) in [6, 6.07) is 12.5. The molecule has 0 bridgehead atoms. The number of nitrogens with zero attached hydrogens (tertiary/aromatic N) is 1. The molecule has 1 heterocycles. The van der Waals surface area contributed by atoms with Crippen molar-refractivity contribution in [1.82, 2.24) is 4.90 Å². The van der Waals surface area contributed by atoms with Gasteiger partial charge in [0.2, 0.25) is 0 Å². The van der Waals surface area contributed by atoms with E-state index in [-0.39, 0.29) is 11.8 Å². The number of hydrogen-bond donors (Lipinski definition) is 3. The third-order valence-electron chi connectivity index (χ3n) is 5.29. The first-order valence-electron chi connectivity index (χ1n) is 8.68. The van der Waals surface area contributed by atoms with Gasteiger partial charge in [0.25, 0.3) is 0 Å². The number of aliphatic hydroxyl groups is 2. The fourth-order valence-electron chi connectivity index (χ4n) is 3.56. The van der Waals surface area contributed by atoms with Gasteiger partial charge in [0.15, 0.2) is 0 Å². The largest absolute Gasteiger partial charge is 0.508 e. The maximum Gasteiger partial charge on any atom is 0.115 e. The molecule has 3 N–H and O–H groups in total. The minimum Gasteiger partial charge on any atom is -0.508 e. The van der Waals surface area contributed by atoms with Gasteiger partial charge < -0.3 is 15.3 Å². The summed E-state index contributed by atoms with van der Waals surface area (Å²) in [4.78, 5) is 2.21. The van der Waals surface area contributed by atoms with Gasteiger partial charge in [-0.1, -0.05) is 44.0 Å². The molecule has 2 aromatic rings. The molecule has 1 aliphatic rings. The summed E-state index contributed by atoms with van der Waals surface area (Å²) in [5.74, 6) is 0.192. The Hall–Kier alpha value is -0.920. The van der Waals surface area contributed by atoms with Crippen LogP contribution in [0.1, 0.15) is 37.0 Å². The van der Waals surface area contributed by atoms with Crippen molar-refractivity contribution in [3.8, 4) is 5.75 Å². The van der Waals surface area contributed by atoms with Crippen molar-refractivity contribution in [3.05, 3.63) is 62.5 Å². The predicted molar refractivity (Wildman–Crippen MR) is 109 cm³/mol. The number of phenolic OH excluding ortho intramolecular Hbond substituents is 1. The zero-order chi connectivity index (χ0) is 18.9. The normalized spacial score (nSPS) is 19.9. The molecule has 2 aromatic carbocycles. The first-order chi connectivity index (χ1) is 12.3. The molecule has 26 heavy (non-hydrogen) atoms. The average molecular weight is 485 g/mol. The Kier molecular flexibility index (Phi) is 6.09. The first kappa shape index (κ1) is 19.8. The van der Waals surface area contributed by atoms with Crippen LogP contribution in [0.4, 0.5) is 0 Å². The molecule has 0 aliphatic carbocycles. The lowest BCUT2D eigenvalue weighted by molar-refractivity contribution is -0.0502. The summed E-state index contributed by atoms with van der Waals surface area (Å²) in [6.45, 7) is 3.41. The highest BCUT2D eigenvalue weighted by Gasteiger charge is 2.37. The van der Waals surface area contributed by atoms with Crippen LogP contribution in [0.2, 0.25) is 0 Å². The van der Waals surface area contributed by atoms with Gasteiger partial charge in [0, 0.05) is 28.1 Å². The Balaban J connectivity index is 1.68. The van der Waals surface area contributed by atoms with Crippen LogP contribution in [-0.2, 0) is 5.60 Å². The molecule has 0 radical (unpaired) electrons. The molecular formula is C20H23Br2NO3. The molecule has 6 heteroatoms. The monoisotopic (exact) mass is 483 g/mol. The van der Waals surface area contributed by atoms with Gasteiger partial charge in [0.1, 0.15) is 5.75 Å². The van der Waals surface area contributed by atoms with E-state index in [2.05, 4.69) is 36.8 Å². The van der Waals surface area contributed by atoms with Crippen molar-refractivity contribution < 1.29 is 15.3 Å². The Morgan fingerprint density at radius 1 is 1.00 bits per heavy atom. The highest BCUT2D eigenvalue weighted by atomic mass is 79.9. The van der Waals surface area contributed by atoms with Gasteiger partial charge in [-0.15, -0.1) is 0 Å². The fourth-order valence-corrected chi connectivity index (χ4v) is 4.86. The van der Waals surface area contributed by atoms with Crippen LogP contribution in [0.15, 0.2) is 51.4 Å². The van der Waals surface area contributed by atoms with E-state index in [9.17, 15) is 15.3 Å². The zero-order valence-corrected chi connectivity index (χ0v) is 17.7. The van der Waals surface area contributed by atoms with E-state index in [4.69, 9.17) is 0 Å². The van der Waals surface area contributed by atoms with Crippen LogP contribution in [0, 0.1) is 0 Å². The van der Waals surface area contributed by atoms with E-state index in [1.54, 1.807) is 24.3 Å². The smallest absolute Gasteiger partial charge is 0.115 e. The van der Waals surface area contributed by atoms with Crippen LogP contribution in [-0.4, -0.2) is 39.4 Å². The quantitative estimate of drug-likeness (QED) is 0.604. The molecule has 1 fully saturated rings. The van der Waals surface area contributed by atoms with E-state index in [0.717, 1.165) is 20.1 Å². The van der Waals surface area contributed by atoms with Gasteiger partial charge >= 0.3 is 0 Å². The van der Waals surface area contributed by atoms with Gasteiger partial charge in [-0.3, -0.25) is 4.90 Å². The van der Waals surface area contributed by atoms with E-state index >= 15 is 0 Å². The lowest BCUT2D eigenvalue weighted by atomic mass is 9.83. The molecule has 0 spiro atoms. The lowest BCUT2D eigenvalue weighted by Gasteiger charge is -2.42. The van der Waals surface area contributed by atoms with Crippen LogP contribution in [0.5, 0.6) is 5.75 Å². The van der Waals surface area contributed by atoms with Crippen molar-refractivity contribution in [1.29, 1.82) is 0 Å². The second kappa shape index (κ2) is 7.98. The Bertz CT molecular complexity index is 738. The van der Waals surface area contributed by atoms with Crippen molar-refractivity contribution in [3.63, 3.8) is 0 Å². The van der Waals surface area contributed by atoms with Gasteiger partial charge in [-0.2, -0.15) is 0 Å². The van der Waals surface area contributed by atoms with E-state index in [1.165, 1.54) is 0 Å². The number of phenols is 1. The summed E-state index contributed by atoms with van der Waals surface area (Å²) in [5, 5.41) is 31.2. The highest BCUT2D eigenvalue weighted by Crippen LogP contribution is 2.37. The molecule has 1 saturated heterocycles. The van der Waals surface area contributed by atoms with Crippen molar-refractivity contribution >= 4 is 31.9 Å². The van der Waals surface area contributed by atoms with Gasteiger partial charge in [-0.25, -0.2) is 0 Å². The molecule has 0 aromatic heterocycles. The van der Waals surface area contributed by atoms with Crippen LogP contribution < -0.4 is 0 Å². The molecular weight excluding hydrogens is 462 g/mol. The van der Waals surface area contributed by atoms with Crippen LogP contribution in [0.3, 0.4) is 0 Å². The fraction of sp³-hybridized carbons (Fsp3) is 0.400. The second-order valence-electron chi connectivity index (χ2n) is 7.00. The standard InChI is InChI=1S/C20H23Br2NO3/c1-13(19(25)14-2-4-18(24)5-3-14)23-8-6-20(26,7-9-23)15-10-16(21)12-17(22)11-15/h2-5,10-13,19,24-26H,6-9H2,1H3/t13-,19?/m1/s1. The van der Waals surface area contributed by atoms with E-state index in [0.29, 0.717) is 25.9 Å². The molecule has 140 valence electrons. The first-order valence-corrected chi connectivity index (χ1v) is 10.3. The number of hydrogen-bond acceptors (Lipinski definition) is 4. The minimum atomic E-state index is -0.855. The topological polar surface area (TPSA) is 63.9 Å². The third-order valence-corrected chi connectivity index (χ3v) is 6.21. The van der Waals surface area contributed by atoms with Gasteiger partial charge in [0.05, 0.1) is 11.7 Å². The molecule has 0 saturated carbocycles. The molecule has 2 atom stereocenters.